The van der Waals surface area contributed by atoms with Crippen LogP contribution in [0.1, 0.15) is 36.5 Å². The summed E-state index contributed by atoms with van der Waals surface area (Å²) in [4.78, 5) is 8.87. The molecule has 4 heteroatoms. The molecule has 37 heavy (non-hydrogen) atoms. The smallest absolute Gasteiger partial charge is 0.120 e. The molecule has 0 unspecified atom stereocenters. The molecule has 3 heterocycles. The number of hydrogen-bond donors (Lipinski definition) is 0. The molecule has 1 radical (unpaired) electrons. The molecule has 187 valence electrons. The van der Waals surface area contributed by atoms with E-state index in [-0.39, 0.29) is 20.1 Å². The van der Waals surface area contributed by atoms with Gasteiger partial charge in [-0.25, -0.2) is 0 Å². The molecule has 0 bridgehead atoms. The number of para-hydroxylation sites is 1. The Kier molecular flexibility index (Phi) is 8.33. The van der Waals surface area contributed by atoms with Crippen molar-refractivity contribution in [3.05, 3.63) is 120 Å². The van der Waals surface area contributed by atoms with Gasteiger partial charge >= 0.3 is 0 Å². The molecule has 0 N–H and O–H groups in total. The van der Waals surface area contributed by atoms with Gasteiger partial charge in [0.05, 0.1) is 5.58 Å². The summed E-state index contributed by atoms with van der Waals surface area (Å²) in [6, 6.07) is 33.1. The zero-order valence-corrected chi connectivity index (χ0v) is 23.8. The van der Waals surface area contributed by atoms with Crippen molar-refractivity contribution in [2.45, 2.75) is 33.6 Å². The van der Waals surface area contributed by atoms with E-state index >= 15 is 0 Å². The number of nitrogens with zero attached hydrogens (tertiary/aromatic N) is 2. The minimum atomic E-state index is 0. The average Bonchev–Trinajstić information content (AvgIpc) is 3.29. The van der Waals surface area contributed by atoms with Crippen molar-refractivity contribution < 1.29 is 24.5 Å². The molecule has 0 aliphatic carbocycles. The Bertz CT molecular complexity index is 1600. The predicted octanol–water partition coefficient (Wildman–Crippen LogP) is 8.73. The van der Waals surface area contributed by atoms with Crippen LogP contribution in [0.5, 0.6) is 0 Å². The SMILES string of the molecule is Cc1ccc(-c2[c-]cc(C(C)C)cc2)nc1.Cc1ccc(-c2[c-]ccc3c2oc2ccccc23)nc1.[Ir]. The summed E-state index contributed by atoms with van der Waals surface area (Å²) in [7, 11) is 0. The Balaban J connectivity index is 0.000000173. The second-order valence-corrected chi connectivity index (χ2v) is 9.33. The van der Waals surface area contributed by atoms with E-state index in [1.54, 1.807) is 0 Å². The van der Waals surface area contributed by atoms with Crippen molar-refractivity contribution >= 4 is 21.9 Å². The van der Waals surface area contributed by atoms with Gasteiger partial charge in [0.1, 0.15) is 5.58 Å². The van der Waals surface area contributed by atoms with Crippen molar-refractivity contribution in [3.8, 4) is 22.5 Å². The number of benzene rings is 3. The van der Waals surface area contributed by atoms with Gasteiger partial charge in [-0.3, -0.25) is 0 Å². The molecule has 6 aromatic rings. The zero-order valence-electron chi connectivity index (χ0n) is 21.4. The zero-order chi connectivity index (χ0) is 25.1. The van der Waals surface area contributed by atoms with E-state index in [1.165, 1.54) is 11.1 Å². The fourth-order valence-electron chi connectivity index (χ4n) is 4.08. The summed E-state index contributed by atoms with van der Waals surface area (Å²) in [6.07, 6.45) is 3.75. The number of furan rings is 1. The van der Waals surface area contributed by atoms with Gasteiger partial charge in [0.2, 0.25) is 0 Å². The number of fused-ring (bicyclic) bond motifs is 3. The second-order valence-electron chi connectivity index (χ2n) is 9.33. The summed E-state index contributed by atoms with van der Waals surface area (Å²) in [5.41, 5.74) is 9.24. The predicted molar refractivity (Wildman–Crippen MR) is 148 cm³/mol. The molecule has 0 aliphatic rings. The first kappa shape index (κ1) is 26.5. The van der Waals surface area contributed by atoms with Crippen molar-refractivity contribution in [1.82, 2.24) is 9.97 Å². The number of hydrogen-bond acceptors (Lipinski definition) is 3. The Morgan fingerprint density at radius 1 is 0.730 bits per heavy atom. The molecule has 6 rings (SSSR count). The third kappa shape index (κ3) is 5.88. The average molecular weight is 661 g/mol. The minimum Gasteiger partial charge on any atom is -0.501 e. The first-order valence-corrected chi connectivity index (χ1v) is 12.2. The van der Waals surface area contributed by atoms with Crippen LogP contribution < -0.4 is 0 Å². The molecule has 3 aromatic heterocycles. The van der Waals surface area contributed by atoms with Gasteiger partial charge in [0, 0.05) is 37.9 Å². The van der Waals surface area contributed by atoms with Crippen LogP contribution in [0.25, 0.3) is 44.5 Å². The first-order chi connectivity index (χ1) is 17.5. The molecule has 3 nitrogen and oxygen atoms in total. The van der Waals surface area contributed by atoms with Crippen LogP contribution in [0.3, 0.4) is 0 Å². The van der Waals surface area contributed by atoms with Crippen LogP contribution in [-0.2, 0) is 20.1 Å². The van der Waals surface area contributed by atoms with E-state index in [0.29, 0.717) is 5.92 Å². The van der Waals surface area contributed by atoms with Gasteiger partial charge in [-0.1, -0.05) is 73.2 Å². The number of aromatic nitrogens is 2. The summed E-state index contributed by atoms with van der Waals surface area (Å²) in [5.74, 6) is 0.552. The Labute approximate surface area is 232 Å². The Morgan fingerprint density at radius 2 is 1.43 bits per heavy atom. The molecule has 0 amide bonds. The second kappa shape index (κ2) is 11.6. The van der Waals surface area contributed by atoms with Crippen molar-refractivity contribution in [3.63, 3.8) is 0 Å². The molecule has 0 aliphatic heterocycles. The fraction of sp³-hybridized carbons (Fsp3) is 0.152. The Morgan fingerprint density at radius 3 is 2.05 bits per heavy atom. The summed E-state index contributed by atoms with van der Waals surface area (Å²) in [5, 5.41) is 2.24. The van der Waals surface area contributed by atoms with Gasteiger partial charge in [0.25, 0.3) is 0 Å². The van der Waals surface area contributed by atoms with E-state index in [2.05, 4.69) is 72.3 Å². The number of aryl methyl sites for hydroxylation is 2. The molecular formula is C33H28IrN2O-2. The van der Waals surface area contributed by atoms with E-state index in [0.717, 1.165) is 50.0 Å². The van der Waals surface area contributed by atoms with Crippen molar-refractivity contribution in [2.24, 2.45) is 0 Å². The van der Waals surface area contributed by atoms with Gasteiger partial charge in [0.15, 0.2) is 0 Å². The standard InChI is InChI=1S/C18H12NO.C15H16N.Ir/c1-12-9-10-16(19-11-12)15-7-4-6-14-13-5-2-3-8-17(13)20-18(14)15;1-11(2)13-5-7-14(8-6-13)15-9-4-12(3)10-16-15;/h2-6,8-11H,1H3;4-7,9-11H,1-3H3;/q2*-1;. The molecule has 0 fully saturated rings. The van der Waals surface area contributed by atoms with Crippen LogP contribution in [0.4, 0.5) is 0 Å². The van der Waals surface area contributed by atoms with E-state index in [9.17, 15) is 0 Å². The van der Waals surface area contributed by atoms with Gasteiger partial charge in [-0.15, -0.1) is 53.6 Å². The summed E-state index contributed by atoms with van der Waals surface area (Å²) in [6.45, 7) is 8.45. The molecule has 0 atom stereocenters. The van der Waals surface area contributed by atoms with E-state index < -0.39 is 0 Å². The molecule has 3 aromatic carbocycles. The van der Waals surface area contributed by atoms with E-state index in [4.69, 9.17) is 4.42 Å². The number of pyridine rings is 2. The third-order valence-electron chi connectivity index (χ3n) is 6.20. The van der Waals surface area contributed by atoms with E-state index in [1.807, 2.05) is 68.7 Å². The largest absolute Gasteiger partial charge is 0.501 e. The quantitative estimate of drug-likeness (QED) is 0.178. The maximum Gasteiger partial charge on any atom is 0.120 e. The van der Waals surface area contributed by atoms with Crippen LogP contribution in [0.2, 0.25) is 0 Å². The monoisotopic (exact) mass is 661 g/mol. The van der Waals surface area contributed by atoms with Crippen molar-refractivity contribution in [2.75, 3.05) is 0 Å². The van der Waals surface area contributed by atoms with Crippen LogP contribution in [0, 0.1) is 26.0 Å². The maximum absolute atomic E-state index is 6.00. The summed E-state index contributed by atoms with van der Waals surface area (Å²) >= 11 is 0. The van der Waals surface area contributed by atoms with Crippen LogP contribution in [-0.4, -0.2) is 9.97 Å². The molecule has 0 saturated heterocycles. The number of rotatable bonds is 3. The molecule has 0 spiro atoms. The normalized spacial score (nSPS) is 10.7. The van der Waals surface area contributed by atoms with Gasteiger partial charge in [-0.2, -0.15) is 0 Å². The van der Waals surface area contributed by atoms with Gasteiger partial charge in [-0.05, 0) is 42.4 Å². The van der Waals surface area contributed by atoms with Crippen molar-refractivity contribution in [1.29, 1.82) is 0 Å². The first-order valence-electron chi connectivity index (χ1n) is 12.2. The molecular weight excluding hydrogens is 633 g/mol. The van der Waals surface area contributed by atoms with Crippen LogP contribution >= 0.6 is 0 Å². The molecule has 0 saturated carbocycles. The van der Waals surface area contributed by atoms with Crippen LogP contribution in [0.15, 0.2) is 95.7 Å². The maximum atomic E-state index is 6.00. The Hall–Kier alpha value is -3.59. The third-order valence-corrected chi connectivity index (χ3v) is 6.20. The fourth-order valence-corrected chi connectivity index (χ4v) is 4.08. The topological polar surface area (TPSA) is 38.9 Å². The minimum absolute atomic E-state index is 0. The van der Waals surface area contributed by atoms with Gasteiger partial charge < -0.3 is 14.4 Å². The summed E-state index contributed by atoms with van der Waals surface area (Å²) < 4.78 is 6.00.